The van der Waals surface area contributed by atoms with Gasteiger partial charge < -0.3 is 10.1 Å². The van der Waals surface area contributed by atoms with Crippen molar-refractivity contribution in [2.45, 2.75) is 12.7 Å². The van der Waals surface area contributed by atoms with Crippen LogP contribution in [-0.2, 0) is 15.3 Å². The Hall–Kier alpha value is -2.18. The van der Waals surface area contributed by atoms with Crippen molar-refractivity contribution in [2.75, 3.05) is 30.3 Å². The Bertz CT molecular complexity index is 826. The van der Waals surface area contributed by atoms with E-state index < -0.39 is 0 Å². The standard InChI is InChI=1S/C20H21ClN2O3S/c1-14-2-4-15(5-3-14)13-27-9-8-22-19(24)11-23-17-10-16(21)6-7-18(17)26-12-20(23)25/h2-7,10H,8-9,11-13H2,1H3,(H,22,24). The summed E-state index contributed by atoms with van der Waals surface area (Å²) in [6.07, 6.45) is 0. The molecule has 0 saturated heterocycles. The molecule has 27 heavy (non-hydrogen) atoms. The van der Waals surface area contributed by atoms with Gasteiger partial charge in [0.25, 0.3) is 5.91 Å². The molecule has 0 saturated carbocycles. The SMILES string of the molecule is Cc1ccc(CSCCNC(=O)CN2C(=O)COc3ccc(Cl)cc32)cc1. The summed E-state index contributed by atoms with van der Waals surface area (Å²) in [5.74, 6) is 1.81. The summed E-state index contributed by atoms with van der Waals surface area (Å²) in [7, 11) is 0. The van der Waals surface area contributed by atoms with Crippen LogP contribution in [0.5, 0.6) is 5.75 Å². The molecule has 1 N–H and O–H groups in total. The van der Waals surface area contributed by atoms with Crippen molar-refractivity contribution in [2.24, 2.45) is 0 Å². The molecule has 5 nitrogen and oxygen atoms in total. The highest BCUT2D eigenvalue weighted by Gasteiger charge is 2.27. The molecule has 0 aromatic heterocycles. The molecule has 0 fully saturated rings. The zero-order chi connectivity index (χ0) is 19.2. The number of rotatable bonds is 7. The molecule has 0 atom stereocenters. The lowest BCUT2D eigenvalue weighted by molar-refractivity contribution is -0.125. The number of hydrogen-bond donors (Lipinski definition) is 1. The van der Waals surface area contributed by atoms with Gasteiger partial charge in [0.05, 0.1) is 5.69 Å². The number of carbonyl (C=O) groups excluding carboxylic acids is 2. The summed E-state index contributed by atoms with van der Waals surface area (Å²) in [6, 6.07) is 13.5. The highest BCUT2D eigenvalue weighted by atomic mass is 35.5. The number of carbonyl (C=O) groups is 2. The fraction of sp³-hybridized carbons (Fsp3) is 0.300. The number of benzene rings is 2. The lowest BCUT2D eigenvalue weighted by Crippen LogP contribution is -2.45. The van der Waals surface area contributed by atoms with E-state index in [4.69, 9.17) is 16.3 Å². The van der Waals surface area contributed by atoms with E-state index >= 15 is 0 Å². The lowest BCUT2D eigenvalue weighted by Gasteiger charge is -2.29. The van der Waals surface area contributed by atoms with Crippen LogP contribution >= 0.6 is 23.4 Å². The fourth-order valence-electron chi connectivity index (χ4n) is 2.69. The van der Waals surface area contributed by atoms with E-state index in [0.29, 0.717) is 23.0 Å². The third kappa shape index (κ3) is 5.40. The highest BCUT2D eigenvalue weighted by molar-refractivity contribution is 7.98. The molecule has 7 heteroatoms. The van der Waals surface area contributed by atoms with Crippen LogP contribution in [0.25, 0.3) is 0 Å². The zero-order valence-electron chi connectivity index (χ0n) is 15.0. The molecule has 1 aliphatic heterocycles. The number of hydrogen-bond acceptors (Lipinski definition) is 4. The number of nitrogens with zero attached hydrogens (tertiary/aromatic N) is 1. The van der Waals surface area contributed by atoms with Crippen LogP contribution in [0.2, 0.25) is 5.02 Å². The first-order valence-electron chi connectivity index (χ1n) is 8.65. The van der Waals surface area contributed by atoms with Gasteiger partial charge in [-0.2, -0.15) is 11.8 Å². The molecule has 0 spiro atoms. The molecule has 3 rings (SSSR count). The predicted octanol–water partition coefficient (Wildman–Crippen LogP) is 3.42. The number of amides is 2. The molecular weight excluding hydrogens is 384 g/mol. The topological polar surface area (TPSA) is 58.6 Å². The minimum atomic E-state index is -0.256. The quantitative estimate of drug-likeness (QED) is 0.718. The maximum absolute atomic E-state index is 12.2. The van der Waals surface area contributed by atoms with Crippen LogP contribution in [0.15, 0.2) is 42.5 Å². The van der Waals surface area contributed by atoms with Crippen molar-refractivity contribution in [3.8, 4) is 5.75 Å². The van der Waals surface area contributed by atoms with Crippen molar-refractivity contribution >= 4 is 40.9 Å². The first kappa shape index (κ1) is 19.6. The van der Waals surface area contributed by atoms with E-state index in [0.717, 1.165) is 11.5 Å². The normalized spacial score (nSPS) is 13.1. The molecule has 0 unspecified atom stereocenters. The van der Waals surface area contributed by atoms with E-state index in [1.54, 1.807) is 30.0 Å². The summed E-state index contributed by atoms with van der Waals surface area (Å²) in [5.41, 5.74) is 3.04. The fourth-order valence-corrected chi connectivity index (χ4v) is 3.67. The van der Waals surface area contributed by atoms with Gasteiger partial charge in [-0.05, 0) is 30.7 Å². The van der Waals surface area contributed by atoms with Gasteiger partial charge in [0.1, 0.15) is 12.3 Å². The van der Waals surface area contributed by atoms with Crippen molar-refractivity contribution in [1.82, 2.24) is 5.32 Å². The van der Waals surface area contributed by atoms with Crippen molar-refractivity contribution < 1.29 is 14.3 Å². The van der Waals surface area contributed by atoms with Crippen LogP contribution < -0.4 is 15.0 Å². The Kier molecular flexibility index (Phi) is 6.63. The Labute approximate surface area is 168 Å². The number of nitrogens with one attached hydrogen (secondary N) is 1. The van der Waals surface area contributed by atoms with Gasteiger partial charge in [-0.3, -0.25) is 14.5 Å². The van der Waals surface area contributed by atoms with Crippen LogP contribution in [0.1, 0.15) is 11.1 Å². The number of fused-ring (bicyclic) bond motifs is 1. The van der Waals surface area contributed by atoms with E-state index in [-0.39, 0.29) is 25.0 Å². The second kappa shape index (κ2) is 9.15. The number of thioether (sulfide) groups is 1. The first-order chi connectivity index (χ1) is 13.0. The monoisotopic (exact) mass is 404 g/mol. The van der Waals surface area contributed by atoms with Gasteiger partial charge in [-0.25, -0.2) is 0 Å². The molecule has 142 valence electrons. The van der Waals surface area contributed by atoms with E-state index in [9.17, 15) is 9.59 Å². The summed E-state index contributed by atoms with van der Waals surface area (Å²) < 4.78 is 5.38. The maximum Gasteiger partial charge on any atom is 0.265 e. The average molecular weight is 405 g/mol. The minimum Gasteiger partial charge on any atom is -0.482 e. The van der Waals surface area contributed by atoms with Gasteiger partial charge in [-0.1, -0.05) is 41.4 Å². The van der Waals surface area contributed by atoms with Crippen LogP contribution in [0.3, 0.4) is 0 Å². The van der Waals surface area contributed by atoms with Crippen molar-refractivity contribution in [3.05, 3.63) is 58.6 Å². The summed E-state index contributed by atoms with van der Waals surface area (Å²) in [6.45, 7) is 2.50. The maximum atomic E-state index is 12.2. The van der Waals surface area contributed by atoms with E-state index in [2.05, 4.69) is 36.5 Å². The second-order valence-corrected chi connectivity index (χ2v) is 7.81. The molecule has 2 amide bonds. The van der Waals surface area contributed by atoms with E-state index in [1.165, 1.54) is 16.0 Å². The number of ether oxygens (including phenoxy) is 1. The van der Waals surface area contributed by atoms with Crippen LogP contribution in [0, 0.1) is 6.92 Å². The summed E-state index contributed by atoms with van der Waals surface area (Å²) >= 11 is 7.77. The summed E-state index contributed by atoms with van der Waals surface area (Å²) in [5, 5.41) is 3.35. The average Bonchev–Trinajstić information content (AvgIpc) is 2.65. The van der Waals surface area contributed by atoms with Crippen LogP contribution in [0.4, 0.5) is 5.69 Å². The molecule has 2 aromatic carbocycles. The molecular formula is C20H21ClN2O3S. The van der Waals surface area contributed by atoms with Gasteiger partial charge in [0.2, 0.25) is 5.91 Å². The third-order valence-corrected chi connectivity index (χ3v) is 5.39. The van der Waals surface area contributed by atoms with Gasteiger partial charge in [0.15, 0.2) is 6.61 Å². The molecule has 2 aromatic rings. The Morgan fingerprint density at radius 1 is 1.26 bits per heavy atom. The lowest BCUT2D eigenvalue weighted by atomic mass is 10.2. The Balaban J connectivity index is 1.45. The third-order valence-electron chi connectivity index (χ3n) is 4.12. The number of halogens is 1. The molecule has 1 aliphatic rings. The smallest absolute Gasteiger partial charge is 0.265 e. The Morgan fingerprint density at radius 3 is 2.81 bits per heavy atom. The Morgan fingerprint density at radius 2 is 2.04 bits per heavy atom. The first-order valence-corrected chi connectivity index (χ1v) is 10.2. The number of aryl methyl sites for hydroxylation is 1. The second-order valence-electron chi connectivity index (χ2n) is 6.27. The van der Waals surface area contributed by atoms with Crippen molar-refractivity contribution in [3.63, 3.8) is 0 Å². The molecule has 0 bridgehead atoms. The van der Waals surface area contributed by atoms with Crippen molar-refractivity contribution in [1.29, 1.82) is 0 Å². The minimum absolute atomic E-state index is 0.0435. The van der Waals surface area contributed by atoms with E-state index in [1.807, 2.05) is 0 Å². The molecule has 0 radical (unpaired) electrons. The predicted molar refractivity (Wildman–Crippen MR) is 110 cm³/mol. The molecule has 0 aliphatic carbocycles. The summed E-state index contributed by atoms with van der Waals surface area (Å²) in [4.78, 5) is 25.8. The number of anilines is 1. The van der Waals surface area contributed by atoms with Crippen LogP contribution in [-0.4, -0.2) is 37.3 Å². The largest absolute Gasteiger partial charge is 0.482 e. The highest BCUT2D eigenvalue weighted by Crippen LogP contribution is 2.34. The zero-order valence-corrected chi connectivity index (χ0v) is 16.6. The molecule has 1 heterocycles. The van der Waals surface area contributed by atoms with Gasteiger partial charge in [0, 0.05) is 23.1 Å². The van der Waals surface area contributed by atoms with Gasteiger partial charge >= 0.3 is 0 Å². The van der Waals surface area contributed by atoms with Gasteiger partial charge in [-0.15, -0.1) is 0 Å².